The number of hydrogen-bond donors (Lipinski definition) is 1. The first-order chi connectivity index (χ1) is 14.3. The fourth-order valence-corrected chi connectivity index (χ4v) is 3.17. The number of ether oxygens (including phenoxy) is 2. The van der Waals surface area contributed by atoms with Gasteiger partial charge in [-0.25, -0.2) is 14.0 Å². The second kappa shape index (κ2) is 8.73. The number of nitrogens with zero attached hydrogens (tertiary/aromatic N) is 1. The van der Waals surface area contributed by atoms with Crippen LogP contribution >= 0.6 is 0 Å². The van der Waals surface area contributed by atoms with Crippen LogP contribution in [0.4, 0.5) is 15.8 Å². The number of rotatable bonds is 5. The molecule has 0 radical (unpaired) electrons. The van der Waals surface area contributed by atoms with Crippen molar-refractivity contribution in [1.29, 1.82) is 0 Å². The van der Waals surface area contributed by atoms with E-state index in [1.165, 1.54) is 61.6 Å². The second-order valence-electron chi connectivity index (χ2n) is 6.65. The van der Waals surface area contributed by atoms with E-state index in [0.29, 0.717) is 5.69 Å². The molecule has 1 saturated heterocycles. The molecule has 0 saturated carbocycles. The fraction of sp³-hybridized carbons (Fsp3) is 0.238. The SMILES string of the molecule is COC(=O)c1cc(NC(=O)[C@H]2CC(=O)N(c3ccc(F)cc3)C2)cc(C(=O)OC)c1. The van der Waals surface area contributed by atoms with Crippen LogP contribution in [0.3, 0.4) is 0 Å². The van der Waals surface area contributed by atoms with E-state index in [4.69, 9.17) is 0 Å². The maximum atomic E-state index is 13.1. The molecule has 9 heteroatoms. The number of halogens is 1. The van der Waals surface area contributed by atoms with Gasteiger partial charge < -0.3 is 19.7 Å². The van der Waals surface area contributed by atoms with E-state index in [-0.39, 0.29) is 35.7 Å². The standard InChI is InChI=1S/C21H19FN2O6/c1-29-20(27)12-7-13(21(28)30-2)9-16(8-12)23-19(26)14-10-18(25)24(11-14)17-5-3-15(22)4-6-17/h3-9,14H,10-11H2,1-2H3,(H,23,26)/t14-/m0/s1. The van der Waals surface area contributed by atoms with Crippen LogP contribution in [0.5, 0.6) is 0 Å². The van der Waals surface area contributed by atoms with E-state index in [1.807, 2.05) is 0 Å². The van der Waals surface area contributed by atoms with Crippen molar-refractivity contribution in [3.63, 3.8) is 0 Å². The van der Waals surface area contributed by atoms with Gasteiger partial charge in [0, 0.05) is 24.3 Å². The normalized spacial score (nSPS) is 15.6. The highest BCUT2D eigenvalue weighted by atomic mass is 19.1. The van der Waals surface area contributed by atoms with Crippen LogP contribution in [0, 0.1) is 11.7 Å². The molecular weight excluding hydrogens is 395 g/mol. The van der Waals surface area contributed by atoms with Crippen LogP contribution in [0.25, 0.3) is 0 Å². The first-order valence-corrected chi connectivity index (χ1v) is 9.01. The van der Waals surface area contributed by atoms with Crippen LogP contribution < -0.4 is 10.2 Å². The number of nitrogens with one attached hydrogen (secondary N) is 1. The van der Waals surface area contributed by atoms with Crippen molar-refractivity contribution in [3.05, 3.63) is 59.4 Å². The van der Waals surface area contributed by atoms with Gasteiger partial charge in [0.2, 0.25) is 11.8 Å². The Morgan fingerprint density at radius 1 is 1.00 bits per heavy atom. The number of carbonyl (C=O) groups excluding carboxylic acids is 4. The summed E-state index contributed by atoms with van der Waals surface area (Å²) < 4.78 is 22.5. The molecule has 1 N–H and O–H groups in total. The molecule has 1 aliphatic rings. The summed E-state index contributed by atoms with van der Waals surface area (Å²) in [5.41, 5.74) is 0.811. The van der Waals surface area contributed by atoms with Crippen molar-refractivity contribution in [2.45, 2.75) is 6.42 Å². The smallest absolute Gasteiger partial charge is 0.337 e. The molecule has 0 aliphatic carbocycles. The van der Waals surface area contributed by atoms with Gasteiger partial charge in [0.15, 0.2) is 0 Å². The molecule has 1 heterocycles. The molecule has 1 fully saturated rings. The average Bonchev–Trinajstić information content (AvgIpc) is 3.14. The van der Waals surface area contributed by atoms with Crippen molar-refractivity contribution in [2.75, 3.05) is 31.0 Å². The minimum absolute atomic E-state index is 0.0240. The number of methoxy groups -OCH3 is 2. The largest absolute Gasteiger partial charge is 0.465 e. The molecule has 0 aromatic heterocycles. The van der Waals surface area contributed by atoms with E-state index in [1.54, 1.807) is 0 Å². The van der Waals surface area contributed by atoms with E-state index < -0.39 is 29.6 Å². The van der Waals surface area contributed by atoms with Crippen LogP contribution in [0.1, 0.15) is 27.1 Å². The van der Waals surface area contributed by atoms with E-state index in [9.17, 15) is 23.6 Å². The zero-order valence-electron chi connectivity index (χ0n) is 16.3. The first-order valence-electron chi connectivity index (χ1n) is 9.01. The van der Waals surface area contributed by atoms with Gasteiger partial charge >= 0.3 is 11.9 Å². The van der Waals surface area contributed by atoms with Gasteiger partial charge in [-0.3, -0.25) is 9.59 Å². The van der Waals surface area contributed by atoms with E-state index in [2.05, 4.69) is 14.8 Å². The van der Waals surface area contributed by atoms with Gasteiger partial charge in [0.05, 0.1) is 31.3 Å². The first kappa shape index (κ1) is 21.0. The molecule has 1 atom stereocenters. The summed E-state index contributed by atoms with van der Waals surface area (Å²) in [5, 5.41) is 2.63. The number of esters is 2. The number of amides is 2. The van der Waals surface area contributed by atoms with Crippen LogP contribution in [0.2, 0.25) is 0 Å². The second-order valence-corrected chi connectivity index (χ2v) is 6.65. The van der Waals surface area contributed by atoms with Crippen molar-refractivity contribution < 1.29 is 33.0 Å². The number of carbonyl (C=O) groups is 4. The molecule has 2 aromatic carbocycles. The van der Waals surface area contributed by atoms with Crippen LogP contribution in [-0.4, -0.2) is 44.5 Å². The Balaban J connectivity index is 1.78. The molecule has 3 rings (SSSR count). The minimum Gasteiger partial charge on any atom is -0.465 e. The Kier molecular flexibility index (Phi) is 6.10. The number of anilines is 2. The summed E-state index contributed by atoms with van der Waals surface area (Å²) in [5.74, 6) is -3.17. The van der Waals surface area contributed by atoms with Crippen molar-refractivity contribution in [3.8, 4) is 0 Å². The van der Waals surface area contributed by atoms with Crippen LogP contribution in [-0.2, 0) is 19.1 Å². The quantitative estimate of drug-likeness (QED) is 0.754. The van der Waals surface area contributed by atoms with Gasteiger partial charge in [-0.15, -0.1) is 0 Å². The third kappa shape index (κ3) is 4.45. The highest BCUT2D eigenvalue weighted by molar-refractivity contribution is 6.04. The van der Waals surface area contributed by atoms with Gasteiger partial charge in [-0.1, -0.05) is 0 Å². The Hall–Kier alpha value is -3.75. The van der Waals surface area contributed by atoms with Gasteiger partial charge in [0.25, 0.3) is 0 Å². The molecular formula is C21H19FN2O6. The summed E-state index contributed by atoms with van der Waals surface area (Å²) in [7, 11) is 2.39. The van der Waals surface area contributed by atoms with Crippen molar-refractivity contribution in [2.24, 2.45) is 5.92 Å². The third-order valence-electron chi connectivity index (χ3n) is 4.68. The Morgan fingerprint density at radius 3 is 2.10 bits per heavy atom. The minimum atomic E-state index is -0.685. The monoisotopic (exact) mass is 414 g/mol. The molecule has 0 bridgehead atoms. The van der Waals surface area contributed by atoms with Crippen molar-refractivity contribution in [1.82, 2.24) is 0 Å². The summed E-state index contributed by atoms with van der Waals surface area (Å²) in [6.07, 6.45) is -0.0240. The molecule has 2 aromatic rings. The number of hydrogen-bond acceptors (Lipinski definition) is 6. The Labute approximate surface area is 171 Å². The van der Waals surface area contributed by atoms with E-state index >= 15 is 0 Å². The molecule has 8 nitrogen and oxygen atoms in total. The Bertz CT molecular complexity index is 971. The summed E-state index contributed by atoms with van der Waals surface area (Å²) >= 11 is 0. The average molecular weight is 414 g/mol. The molecule has 0 unspecified atom stereocenters. The maximum Gasteiger partial charge on any atom is 0.337 e. The third-order valence-corrected chi connectivity index (χ3v) is 4.68. The lowest BCUT2D eigenvalue weighted by molar-refractivity contribution is -0.122. The topological polar surface area (TPSA) is 102 Å². The predicted molar refractivity (Wildman–Crippen MR) is 105 cm³/mol. The lowest BCUT2D eigenvalue weighted by atomic mass is 10.1. The fourth-order valence-electron chi connectivity index (χ4n) is 3.17. The van der Waals surface area contributed by atoms with Gasteiger partial charge in [0.1, 0.15) is 5.82 Å². The molecule has 156 valence electrons. The van der Waals surface area contributed by atoms with Gasteiger partial charge in [-0.05, 0) is 42.5 Å². The predicted octanol–water partition coefficient (Wildman–Crippen LogP) is 2.39. The van der Waals surface area contributed by atoms with Gasteiger partial charge in [-0.2, -0.15) is 0 Å². The zero-order chi connectivity index (χ0) is 21.8. The molecule has 2 amide bonds. The Morgan fingerprint density at radius 2 is 1.57 bits per heavy atom. The zero-order valence-corrected chi connectivity index (χ0v) is 16.3. The summed E-state index contributed by atoms with van der Waals surface area (Å²) in [6.45, 7) is 0.122. The highest BCUT2D eigenvalue weighted by Gasteiger charge is 2.35. The molecule has 30 heavy (non-hydrogen) atoms. The highest BCUT2D eigenvalue weighted by Crippen LogP contribution is 2.27. The summed E-state index contributed by atoms with van der Waals surface area (Å²) in [6, 6.07) is 9.44. The van der Waals surface area contributed by atoms with Crippen molar-refractivity contribution >= 4 is 35.1 Å². The maximum absolute atomic E-state index is 13.1. The van der Waals surface area contributed by atoms with E-state index in [0.717, 1.165) is 0 Å². The molecule has 1 aliphatic heterocycles. The van der Waals surface area contributed by atoms with Crippen LogP contribution in [0.15, 0.2) is 42.5 Å². The molecule has 0 spiro atoms. The lowest BCUT2D eigenvalue weighted by Crippen LogP contribution is -2.28. The number of benzene rings is 2. The lowest BCUT2D eigenvalue weighted by Gasteiger charge is -2.17. The summed E-state index contributed by atoms with van der Waals surface area (Å²) in [4.78, 5) is 50.2.